The van der Waals surface area contributed by atoms with E-state index < -0.39 is 34.5 Å². The highest BCUT2D eigenvalue weighted by atomic mass is 19.4. The van der Waals surface area contributed by atoms with Gasteiger partial charge in [0.05, 0.1) is 29.4 Å². The summed E-state index contributed by atoms with van der Waals surface area (Å²) >= 11 is 0. The average Bonchev–Trinajstić information content (AvgIpc) is 3.25. The van der Waals surface area contributed by atoms with Crippen LogP contribution in [-0.4, -0.2) is 50.5 Å². The monoisotopic (exact) mass is 582 g/mol. The van der Waals surface area contributed by atoms with Gasteiger partial charge in [-0.25, -0.2) is 4.58 Å². The number of hydrogen-bond acceptors (Lipinski definition) is 4. The van der Waals surface area contributed by atoms with E-state index in [2.05, 4.69) is 18.8 Å². The van der Waals surface area contributed by atoms with Gasteiger partial charge in [0.2, 0.25) is 0 Å². The number of rotatable bonds is 9. The molecule has 10 heteroatoms. The van der Waals surface area contributed by atoms with Gasteiger partial charge in [-0.1, -0.05) is 31.6 Å². The molecule has 0 spiro atoms. The van der Waals surface area contributed by atoms with Crippen LogP contribution in [0, 0.1) is 0 Å². The fourth-order valence-corrected chi connectivity index (χ4v) is 5.70. The number of hydrogen-bond donors (Lipinski definition) is 2. The molecule has 2 aromatic rings. The summed E-state index contributed by atoms with van der Waals surface area (Å²) in [4.78, 5) is 29.0. The second kappa shape index (κ2) is 11.2. The second-order valence-corrected chi connectivity index (χ2v) is 11.6. The zero-order valence-electron chi connectivity index (χ0n) is 24.3. The van der Waals surface area contributed by atoms with Gasteiger partial charge in [-0.05, 0) is 73.8 Å². The minimum atomic E-state index is -4.50. The number of aliphatic carboxylic acids is 2. The van der Waals surface area contributed by atoms with Crippen LogP contribution in [-0.2, 0) is 26.6 Å². The third-order valence-corrected chi connectivity index (χ3v) is 7.97. The summed E-state index contributed by atoms with van der Waals surface area (Å²) in [5, 5.41) is 18.6. The number of alkyl halides is 3. The third kappa shape index (κ3) is 5.89. The summed E-state index contributed by atoms with van der Waals surface area (Å²) in [6, 6.07) is 7.43. The molecule has 2 aliphatic rings. The summed E-state index contributed by atoms with van der Waals surface area (Å²) in [5.41, 5.74) is 2.50. The summed E-state index contributed by atoms with van der Waals surface area (Å²) in [5.74, 6) is -1.18. The van der Waals surface area contributed by atoms with E-state index in [1.54, 1.807) is 11.1 Å². The maximum atomic E-state index is 13.5. The first kappa shape index (κ1) is 30.7. The number of anilines is 1. The molecule has 2 N–H and O–H groups in total. The number of nitrogens with zero attached hydrogens (tertiary/aromatic N) is 3. The minimum absolute atomic E-state index is 0.0533. The van der Waals surface area contributed by atoms with Gasteiger partial charge >= 0.3 is 23.9 Å². The average molecular weight is 583 g/mol. The predicted molar refractivity (Wildman–Crippen MR) is 154 cm³/mol. The lowest BCUT2D eigenvalue weighted by atomic mass is 9.82. The maximum Gasteiger partial charge on any atom is 0.416 e. The molecule has 1 aromatic heterocycles. The van der Waals surface area contributed by atoms with Crippen LogP contribution in [0.1, 0.15) is 64.2 Å². The fraction of sp³-hybridized carbons (Fsp3) is 0.375. The smallest absolute Gasteiger partial charge is 0.416 e. The number of carbonyl (C=O) groups is 2. The largest absolute Gasteiger partial charge is 0.481 e. The molecule has 42 heavy (non-hydrogen) atoms. The molecule has 7 nitrogen and oxygen atoms in total. The molecule has 0 aliphatic carbocycles. The van der Waals surface area contributed by atoms with Crippen molar-refractivity contribution in [2.24, 2.45) is 0 Å². The van der Waals surface area contributed by atoms with E-state index in [4.69, 9.17) is 0 Å². The number of fused-ring (bicyclic) bond motifs is 2. The van der Waals surface area contributed by atoms with Gasteiger partial charge in [-0.15, -0.1) is 0 Å². The van der Waals surface area contributed by atoms with E-state index in [9.17, 15) is 33.0 Å². The Balaban J connectivity index is 1.72. The zero-order chi connectivity index (χ0) is 31.0. The number of carboxylic acids is 2. The molecule has 0 bridgehead atoms. The quantitative estimate of drug-likeness (QED) is 0.255. The highest BCUT2D eigenvalue weighted by Gasteiger charge is 2.44. The van der Waals surface area contributed by atoms with Crippen molar-refractivity contribution in [3.05, 3.63) is 88.8 Å². The second-order valence-electron chi connectivity index (χ2n) is 11.6. The molecular weight excluding hydrogens is 547 g/mol. The minimum Gasteiger partial charge on any atom is -0.481 e. The molecule has 1 aromatic carbocycles. The van der Waals surface area contributed by atoms with Crippen LogP contribution in [0.3, 0.4) is 0 Å². The number of halogens is 3. The van der Waals surface area contributed by atoms with Crippen molar-refractivity contribution in [1.82, 2.24) is 4.98 Å². The fourth-order valence-electron chi connectivity index (χ4n) is 5.70. The molecule has 0 atom stereocenters. The van der Waals surface area contributed by atoms with E-state index in [1.807, 2.05) is 61.8 Å². The molecule has 0 amide bonds. The van der Waals surface area contributed by atoms with Gasteiger partial charge in [0, 0.05) is 23.3 Å². The lowest BCUT2D eigenvalue weighted by Crippen LogP contribution is -2.28. The van der Waals surface area contributed by atoms with Crippen molar-refractivity contribution in [2.45, 2.75) is 64.5 Å². The first-order chi connectivity index (χ1) is 19.5. The first-order valence-corrected chi connectivity index (χ1v) is 13.7. The molecule has 0 unspecified atom stereocenters. The van der Waals surface area contributed by atoms with E-state index in [0.717, 1.165) is 34.8 Å². The molecule has 0 saturated carbocycles. The van der Waals surface area contributed by atoms with Crippen LogP contribution in [0.15, 0.2) is 72.1 Å². The van der Waals surface area contributed by atoms with Crippen LogP contribution in [0.5, 0.6) is 0 Å². The van der Waals surface area contributed by atoms with Crippen molar-refractivity contribution in [2.75, 3.05) is 18.0 Å². The topological polar surface area (TPSA) is 93.7 Å². The summed E-state index contributed by atoms with van der Waals surface area (Å²) < 4.78 is 42.5. The van der Waals surface area contributed by atoms with E-state index in [0.29, 0.717) is 16.9 Å². The van der Waals surface area contributed by atoms with Crippen LogP contribution < -0.4 is 4.90 Å². The van der Waals surface area contributed by atoms with Gasteiger partial charge in [-0.3, -0.25) is 9.59 Å². The standard InChI is InChI=1S/C32H34F3N3O4/c1-20(9-13-26-30(2,3)22-7-6-16-36-29(22)38(26)18-15-28(41)42)8-12-25-31(4,5)23-19-21(32(33,34)35)10-11-24(23)37(25)17-14-27(39)40/h6-13,16,19H,14-15,17-18H2,1-5H3,(H-,39,40,41,42)/p+1. The van der Waals surface area contributed by atoms with E-state index >= 15 is 0 Å². The lowest BCUT2D eigenvalue weighted by molar-refractivity contribution is -0.440. The van der Waals surface area contributed by atoms with Crippen molar-refractivity contribution in [3.8, 4) is 0 Å². The van der Waals surface area contributed by atoms with Crippen molar-refractivity contribution >= 4 is 29.2 Å². The van der Waals surface area contributed by atoms with E-state index in [1.165, 1.54) is 6.07 Å². The maximum absolute atomic E-state index is 13.5. The molecule has 2 aliphatic heterocycles. The summed E-state index contributed by atoms with van der Waals surface area (Å²) in [7, 11) is 0. The van der Waals surface area contributed by atoms with Gasteiger partial charge < -0.3 is 15.1 Å². The highest BCUT2D eigenvalue weighted by molar-refractivity contribution is 6.03. The number of benzene rings is 1. The number of carboxylic acid groups (broad SMARTS) is 2. The Morgan fingerprint density at radius 1 is 1.02 bits per heavy atom. The third-order valence-electron chi connectivity index (χ3n) is 7.97. The highest BCUT2D eigenvalue weighted by Crippen LogP contribution is 2.49. The van der Waals surface area contributed by atoms with Crippen LogP contribution in [0.25, 0.3) is 0 Å². The zero-order valence-corrected chi connectivity index (χ0v) is 24.3. The Morgan fingerprint density at radius 2 is 1.71 bits per heavy atom. The molecule has 222 valence electrons. The Labute approximate surface area is 243 Å². The molecule has 0 radical (unpaired) electrons. The van der Waals surface area contributed by atoms with Gasteiger partial charge in [0.25, 0.3) is 0 Å². The number of pyridine rings is 1. The van der Waals surface area contributed by atoms with Gasteiger partial charge in [-0.2, -0.15) is 13.2 Å². The summed E-state index contributed by atoms with van der Waals surface area (Å²) in [6.45, 7) is 10.0. The molecule has 4 rings (SSSR count). The molecule has 0 saturated heterocycles. The van der Waals surface area contributed by atoms with Gasteiger partial charge in [0.1, 0.15) is 18.5 Å². The van der Waals surface area contributed by atoms with Crippen molar-refractivity contribution in [3.63, 3.8) is 0 Å². The summed E-state index contributed by atoms with van der Waals surface area (Å²) in [6.07, 6.45) is 4.50. The Bertz CT molecular complexity index is 1550. The van der Waals surface area contributed by atoms with Crippen molar-refractivity contribution < 1.29 is 37.5 Å². The van der Waals surface area contributed by atoms with Crippen LogP contribution >= 0.6 is 0 Å². The predicted octanol–water partition coefficient (Wildman–Crippen LogP) is 6.61. The molecular formula is C32H35F3N3O4+. The Morgan fingerprint density at radius 3 is 2.36 bits per heavy atom. The normalized spacial score (nSPS) is 18.6. The SMILES string of the molecule is CC(C=CC1=[N+](CCC(=O)O)c2ncccc2C1(C)C)=CC=C1N(CCC(=O)O)c2ccc(C(F)(F)F)cc2C1(C)C. The van der Waals surface area contributed by atoms with E-state index in [-0.39, 0.29) is 25.9 Å². The lowest BCUT2D eigenvalue weighted by Gasteiger charge is -2.26. The Hall–Kier alpha value is -4.21. The van der Waals surface area contributed by atoms with Crippen molar-refractivity contribution in [1.29, 1.82) is 0 Å². The molecule has 0 fully saturated rings. The Kier molecular flexibility index (Phi) is 8.22. The van der Waals surface area contributed by atoms with Crippen LogP contribution in [0.4, 0.5) is 24.7 Å². The number of aromatic nitrogens is 1. The molecule has 3 heterocycles. The van der Waals surface area contributed by atoms with Crippen LogP contribution in [0.2, 0.25) is 0 Å². The number of allylic oxidation sites excluding steroid dienone is 6. The first-order valence-electron chi connectivity index (χ1n) is 13.7. The van der Waals surface area contributed by atoms with Gasteiger partial charge in [0.15, 0.2) is 0 Å².